The quantitative estimate of drug-likeness (QED) is 0.606. The molecule has 3 rings (SSSR count). The van der Waals surface area contributed by atoms with Crippen molar-refractivity contribution in [3.63, 3.8) is 0 Å². The first-order valence-electron chi connectivity index (χ1n) is 9.06. The van der Waals surface area contributed by atoms with Gasteiger partial charge in [-0.2, -0.15) is 5.48 Å². The molecule has 140 valence electrons. The minimum Gasteiger partial charge on any atom is -0.508 e. The van der Waals surface area contributed by atoms with Crippen molar-refractivity contribution >= 4 is 12.0 Å². The number of hydroxylamine groups is 1. The summed E-state index contributed by atoms with van der Waals surface area (Å²) in [6, 6.07) is 5.38. The first-order chi connectivity index (χ1) is 12.5. The van der Waals surface area contributed by atoms with E-state index in [1.54, 1.807) is 19.1 Å². The van der Waals surface area contributed by atoms with E-state index in [4.69, 9.17) is 4.84 Å². The van der Waals surface area contributed by atoms with E-state index in [1.165, 1.54) is 31.4 Å². The molecule has 1 unspecified atom stereocenters. The lowest BCUT2D eigenvalue weighted by molar-refractivity contribution is -0.147. The van der Waals surface area contributed by atoms with Crippen LogP contribution < -0.4 is 16.1 Å². The summed E-state index contributed by atoms with van der Waals surface area (Å²) in [7, 11) is 0. The smallest absolute Gasteiger partial charge is 0.356 e. The van der Waals surface area contributed by atoms with Crippen molar-refractivity contribution in [1.82, 2.24) is 16.1 Å². The summed E-state index contributed by atoms with van der Waals surface area (Å²) < 4.78 is 0. The number of carbonyl (C=O) groups is 2. The zero-order valence-electron chi connectivity index (χ0n) is 14.9. The van der Waals surface area contributed by atoms with Crippen LogP contribution in [-0.4, -0.2) is 23.7 Å². The Hall–Kier alpha value is -2.54. The van der Waals surface area contributed by atoms with E-state index in [-0.39, 0.29) is 5.75 Å². The van der Waals surface area contributed by atoms with E-state index in [2.05, 4.69) is 16.1 Å². The molecule has 4 N–H and O–H groups in total. The van der Waals surface area contributed by atoms with E-state index in [0.29, 0.717) is 29.3 Å². The second-order valence-electron chi connectivity index (χ2n) is 6.91. The number of amides is 2. The number of allylic oxidation sites excluding steroid dienone is 1. The minimum atomic E-state index is -0.681. The Morgan fingerprint density at radius 1 is 1.31 bits per heavy atom. The number of carbonyl (C=O) groups excluding carboxylic acids is 2. The molecule has 7 nitrogen and oxygen atoms in total. The first kappa shape index (κ1) is 18.3. The number of nitrogens with one attached hydrogen (secondary N) is 3. The Bertz CT molecular complexity index is 710. The van der Waals surface area contributed by atoms with Crippen LogP contribution in [0.15, 0.2) is 35.5 Å². The average molecular weight is 359 g/mol. The van der Waals surface area contributed by atoms with Crippen LogP contribution in [0, 0.1) is 5.92 Å². The molecule has 26 heavy (non-hydrogen) atoms. The number of urea groups is 1. The molecule has 1 heterocycles. The molecule has 1 atom stereocenters. The Morgan fingerprint density at radius 3 is 2.81 bits per heavy atom. The standard InChI is InChI=1S/C19H25N3O4/c1-12-16(18(24)26-20-11-13-6-3-2-4-7-13)17(22-19(25)21-12)14-8-5-9-15(23)10-14/h5,8-10,13,17,20,23H,2-4,6-7,11H2,1H3,(H2,21,22,25). The average Bonchev–Trinajstić information content (AvgIpc) is 2.62. The molecular formula is C19H25N3O4. The second-order valence-corrected chi connectivity index (χ2v) is 6.91. The molecular weight excluding hydrogens is 334 g/mol. The van der Waals surface area contributed by atoms with Crippen molar-refractivity contribution in [2.24, 2.45) is 5.92 Å². The third-order valence-electron chi connectivity index (χ3n) is 4.95. The zero-order chi connectivity index (χ0) is 18.5. The number of benzene rings is 1. The van der Waals surface area contributed by atoms with Gasteiger partial charge in [0, 0.05) is 12.2 Å². The van der Waals surface area contributed by atoms with Gasteiger partial charge in [-0.15, -0.1) is 0 Å². The van der Waals surface area contributed by atoms with Gasteiger partial charge in [0.05, 0.1) is 11.6 Å². The molecule has 0 radical (unpaired) electrons. The molecule has 1 aliphatic heterocycles. The number of hydrogen-bond acceptors (Lipinski definition) is 5. The third-order valence-corrected chi connectivity index (χ3v) is 4.95. The summed E-state index contributed by atoms with van der Waals surface area (Å²) in [5.74, 6) is 0.0490. The van der Waals surface area contributed by atoms with Crippen LogP contribution in [0.5, 0.6) is 5.75 Å². The maximum atomic E-state index is 12.6. The normalized spacial score (nSPS) is 21.1. The van der Waals surface area contributed by atoms with Crippen molar-refractivity contribution in [3.8, 4) is 5.75 Å². The van der Waals surface area contributed by atoms with Crippen LogP contribution >= 0.6 is 0 Å². The Balaban J connectivity index is 1.70. The van der Waals surface area contributed by atoms with Crippen molar-refractivity contribution in [3.05, 3.63) is 41.1 Å². The lowest BCUT2D eigenvalue weighted by Crippen LogP contribution is -2.46. The predicted molar refractivity (Wildman–Crippen MR) is 95.9 cm³/mol. The number of rotatable bonds is 5. The van der Waals surface area contributed by atoms with Gasteiger partial charge in [-0.3, -0.25) is 0 Å². The summed E-state index contributed by atoms with van der Waals surface area (Å²) in [5.41, 5.74) is 4.15. The molecule has 1 fully saturated rings. The Morgan fingerprint density at radius 2 is 2.08 bits per heavy atom. The van der Waals surface area contributed by atoms with Crippen molar-refractivity contribution in [1.29, 1.82) is 0 Å². The maximum absolute atomic E-state index is 12.6. The number of phenols is 1. The summed E-state index contributed by atoms with van der Waals surface area (Å²) >= 11 is 0. The highest BCUT2D eigenvalue weighted by atomic mass is 16.7. The molecule has 1 saturated carbocycles. The molecule has 0 bridgehead atoms. The monoisotopic (exact) mass is 359 g/mol. The van der Waals surface area contributed by atoms with E-state index in [1.807, 2.05) is 0 Å². The first-order valence-corrected chi connectivity index (χ1v) is 9.06. The highest BCUT2D eigenvalue weighted by Gasteiger charge is 2.32. The largest absolute Gasteiger partial charge is 0.508 e. The van der Waals surface area contributed by atoms with E-state index < -0.39 is 18.0 Å². The van der Waals surface area contributed by atoms with Gasteiger partial charge < -0.3 is 20.6 Å². The zero-order valence-corrected chi connectivity index (χ0v) is 14.9. The molecule has 0 aromatic heterocycles. The van der Waals surface area contributed by atoms with Gasteiger partial charge in [0.15, 0.2) is 0 Å². The lowest BCUT2D eigenvalue weighted by atomic mass is 9.89. The van der Waals surface area contributed by atoms with Crippen LogP contribution in [0.2, 0.25) is 0 Å². The fourth-order valence-corrected chi connectivity index (χ4v) is 3.59. The van der Waals surface area contributed by atoms with Gasteiger partial charge >= 0.3 is 12.0 Å². The van der Waals surface area contributed by atoms with Crippen molar-refractivity contribution in [2.45, 2.75) is 45.1 Å². The van der Waals surface area contributed by atoms with Gasteiger partial charge in [-0.25, -0.2) is 9.59 Å². The summed E-state index contributed by atoms with van der Waals surface area (Å²) in [4.78, 5) is 29.7. The van der Waals surface area contributed by atoms with Crippen molar-refractivity contribution < 1.29 is 19.5 Å². The Labute approximate surface area is 152 Å². The molecule has 0 saturated heterocycles. The van der Waals surface area contributed by atoms with Crippen LogP contribution in [0.4, 0.5) is 4.79 Å². The van der Waals surface area contributed by atoms with E-state index in [0.717, 1.165) is 12.8 Å². The van der Waals surface area contributed by atoms with Gasteiger partial charge in [-0.05, 0) is 43.4 Å². The van der Waals surface area contributed by atoms with Crippen LogP contribution in [0.25, 0.3) is 0 Å². The summed E-state index contributed by atoms with van der Waals surface area (Å²) in [6.45, 7) is 2.29. The number of hydrogen-bond donors (Lipinski definition) is 4. The lowest BCUT2D eigenvalue weighted by Gasteiger charge is -2.28. The topological polar surface area (TPSA) is 99.7 Å². The molecule has 0 spiro atoms. The maximum Gasteiger partial charge on any atom is 0.356 e. The van der Waals surface area contributed by atoms with Crippen LogP contribution in [-0.2, 0) is 9.63 Å². The Kier molecular flexibility index (Phi) is 5.78. The molecule has 2 aliphatic rings. The van der Waals surface area contributed by atoms with Gasteiger partial charge in [0.2, 0.25) is 0 Å². The fourth-order valence-electron chi connectivity index (χ4n) is 3.59. The highest BCUT2D eigenvalue weighted by Crippen LogP contribution is 2.29. The summed E-state index contributed by atoms with van der Waals surface area (Å²) in [6.07, 6.45) is 6.02. The number of phenolic OH excluding ortho intramolecular Hbond substituents is 1. The van der Waals surface area contributed by atoms with E-state index in [9.17, 15) is 14.7 Å². The van der Waals surface area contributed by atoms with Gasteiger partial charge in [0.1, 0.15) is 5.75 Å². The molecule has 7 heteroatoms. The highest BCUT2D eigenvalue weighted by molar-refractivity contribution is 5.94. The SMILES string of the molecule is CC1=C(C(=O)ONCC2CCCCC2)C(c2cccc(O)c2)NC(=O)N1. The predicted octanol–water partition coefficient (Wildman–Crippen LogP) is 2.65. The minimum absolute atomic E-state index is 0.0658. The van der Waals surface area contributed by atoms with E-state index >= 15 is 0 Å². The summed E-state index contributed by atoms with van der Waals surface area (Å²) in [5, 5.41) is 15.0. The molecule has 2 amide bonds. The third kappa shape index (κ3) is 4.35. The van der Waals surface area contributed by atoms with Crippen LogP contribution in [0.1, 0.15) is 50.6 Å². The van der Waals surface area contributed by atoms with Crippen LogP contribution in [0.3, 0.4) is 0 Å². The van der Waals surface area contributed by atoms with Gasteiger partial charge in [-0.1, -0.05) is 31.4 Å². The molecule has 1 aliphatic carbocycles. The number of aromatic hydroxyl groups is 1. The van der Waals surface area contributed by atoms with Gasteiger partial charge in [0.25, 0.3) is 0 Å². The second kappa shape index (κ2) is 8.23. The fraction of sp³-hybridized carbons (Fsp3) is 0.474. The molecule has 1 aromatic carbocycles. The van der Waals surface area contributed by atoms with Crippen molar-refractivity contribution in [2.75, 3.05) is 6.54 Å². The molecule has 1 aromatic rings.